The van der Waals surface area contributed by atoms with Gasteiger partial charge in [-0.3, -0.25) is 4.90 Å². The third-order valence-corrected chi connectivity index (χ3v) is 4.01. The lowest BCUT2D eigenvalue weighted by Crippen LogP contribution is -2.17. The van der Waals surface area contributed by atoms with E-state index in [1.54, 1.807) is 0 Å². The summed E-state index contributed by atoms with van der Waals surface area (Å²) < 4.78 is 6.26. The van der Waals surface area contributed by atoms with Gasteiger partial charge in [-0.15, -0.1) is 0 Å². The molecule has 4 heteroatoms. The Kier molecular flexibility index (Phi) is 5.12. The first kappa shape index (κ1) is 16.1. The fourth-order valence-electron chi connectivity index (χ4n) is 2.55. The molecule has 2 aromatic rings. The molecule has 1 N–H and O–H groups in total. The maximum absolute atomic E-state index is 10.2. The van der Waals surface area contributed by atoms with Crippen molar-refractivity contribution in [1.29, 1.82) is 0 Å². The van der Waals surface area contributed by atoms with E-state index in [1.165, 1.54) is 5.56 Å². The highest BCUT2D eigenvalue weighted by atomic mass is 79.9. The molecule has 0 saturated carbocycles. The molecule has 0 bridgehead atoms. The molecule has 0 fully saturated rings. The van der Waals surface area contributed by atoms with Gasteiger partial charge in [-0.2, -0.15) is 0 Å². The predicted octanol–water partition coefficient (Wildman–Crippen LogP) is 4.81. The molecule has 0 aliphatic heterocycles. The minimum Gasteiger partial charge on any atom is -0.508 e. The van der Waals surface area contributed by atoms with Crippen LogP contribution in [0.5, 0.6) is 5.75 Å². The van der Waals surface area contributed by atoms with Crippen LogP contribution in [0.2, 0.25) is 0 Å². The number of aryl methyl sites for hydroxylation is 1. The van der Waals surface area contributed by atoms with E-state index in [4.69, 9.17) is 4.42 Å². The third-order valence-electron chi connectivity index (χ3n) is 3.58. The largest absolute Gasteiger partial charge is 0.508 e. The maximum atomic E-state index is 10.2. The average Bonchev–Trinajstić information content (AvgIpc) is 2.77. The standard InChI is InChI=1S/C17H22BrNO2/c1-11(2)15-8-13(16(20)7-12(15)3)9-19(4)10-14-5-6-17(18)21-14/h5-8,11,20H,9-10H2,1-4H3. The Balaban J connectivity index is 2.13. The van der Waals surface area contributed by atoms with Gasteiger partial charge in [0.2, 0.25) is 0 Å². The molecule has 3 nitrogen and oxygen atoms in total. The Morgan fingerprint density at radius 1 is 1.24 bits per heavy atom. The number of phenolic OH excluding ortho intramolecular Hbond substituents is 1. The van der Waals surface area contributed by atoms with Gasteiger partial charge in [-0.1, -0.05) is 19.9 Å². The number of nitrogens with zero attached hydrogens (tertiary/aromatic N) is 1. The second kappa shape index (κ2) is 6.67. The molecule has 0 aliphatic rings. The molecule has 0 radical (unpaired) electrons. The first-order valence-corrected chi connectivity index (χ1v) is 7.91. The van der Waals surface area contributed by atoms with Crippen LogP contribution < -0.4 is 0 Å². The minimum atomic E-state index is 0.365. The van der Waals surface area contributed by atoms with Crippen LogP contribution >= 0.6 is 15.9 Å². The summed E-state index contributed by atoms with van der Waals surface area (Å²) in [5.41, 5.74) is 3.39. The van der Waals surface area contributed by atoms with Gasteiger partial charge in [-0.05, 0) is 65.1 Å². The van der Waals surface area contributed by atoms with Gasteiger partial charge in [-0.25, -0.2) is 0 Å². The third kappa shape index (κ3) is 4.11. The Labute approximate surface area is 134 Å². The Hall–Kier alpha value is -1.26. The van der Waals surface area contributed by atoms with Gasteiger partial charge in [0.05, 0.1) is 6.54 Å². The topological polar surface area (TPSA) is 36.6 Å². The summed E-state index contributed by atoms with van der Waals surface area (Å²) in [5, 5.41) is 10.2. The van der Waals surface area contributed by atoms with Crippen LogP contribution in [0, 0.1) is 6.92 Å². The van der Waals surface area contributed by atoms with E-state index in [2.05, 4.69) is 40.7 Å². The molecule has 0 atom stereocenters. The molecule has 114 valence electrons. The molecule has 0 aliphatic carbocycles. The van der Waals surface area contributed by atoms with Crippen LogP contribution in [-0.4, -0.2) is 17.1 Å². The Bertz CT molecular complexity index is 619. The number of hydrogen-bond acceptors (Lipinski definition) is 3. The van der Waals surface area contributed by atoms with Crippen molar-refractivity contribution >= 4 is 15.9 Å². The number of aromatic hydroxyl groups is 1. The molecule has 0 unspecified atom stereocenters. The molecule has 1 aromatic heterocycles. The van der Waals surface area contributed by atoms with Gasteiger partial charge in [0.1, 0.15) is 11.5 Å². The summed E-state index contributed by atoms with van der Waals surface area (Å²) in [6, 6.07) is 7.82. The quantitative estimate of drug-likeness (QED) is 0.839. The number of furan rings is 1. The predicted molar refractivity (Wildman–Crippen MR) is 88.5 cm³/mol. The highest BCUT2D eigenvalue weighted by Gasteiger charge is 2.12. The number of hydrogen-bond donors (Lipinski definition) is 1. The molecule has 1 aromatic carbocycles. The van der Waals surface area contributed by atoms with Crippen molar-refractivity contribution in [3.8, 4) is 5.75 Å². The zero-order valence-corrected chi connectivity index (χ0v) is 14.6. The smallest absolute Gasteiger partial charge is 0.169 e. The van der Waals surface area contributed by atoms with Crippen LogP contribution in [0.3, 0.4) is 0 Å². The SMILES string of the molecule is Cc1cc(O)c(CN(C)Cc2ccc(Br)o2)cc1C(C)C. The monoisotopic (exact) mass is 351 g/mol. The first-order valence-electron chi connectivity index (χ1n) is 7.12. The summed E-state index contributed by atoms with van der Waals surface area (Å²) in [7, 11) is 2.02. The van der Waals surface area contributed by atoms with Crippen LogP contribution in [0.25, 0.3) is 0 Å². The van der Waals surface area contributed by atoms with E-state index < -0.39 is 0 Å². The van der Waals surface area contributed by atoms with E-state index in [-0.39, 0.29) is 0 Å². The zero-order valence-electron chi connectivity index (χ0n) is 13.0. The van der Waals surface area contributed by atoms with Gasteiger partial charge >= 0.3 is 0 Å². The zero-order chi connectivity index (χ0) is 15.6. The summed E-state index contributed by atoms with van der Waals surface area (Å²) in [5.74, 6) is 1.72. The fraction of sp³-hybridized carbons (Fsp3) is 0.412. The van der Waals surface area contributed by atoms with E-state index in [0.717, 1.165) is 21.6 Å². The van der Waals surface area contributed by atoms with Crippen LogP contribution in [0.4, 0.5) is 0 Å². The molecule has 1 heterocycles. The van der Waals surface area contributed by atoms with Gasteiger partial charge in [0.15, 0.2) is 4.67 Å². The average molecular weight is 352 g/mol. The highest BCUT2D eigenvalue weighted by molar-refractivity contribution is 9.10. The van der Waals surface area contributed by atoms with Crippen LogP contribution in [0.15, 0.2) is 33.4 Å². The van der Waals surface area contributed by atoms with Crippen molar-refractivity contribution in [3.05, 3.63) is 51.4 Å². The molecular formula is C17H22BrNO2. The maximum Gasteiger partial charge on any atom is 0.169 e. The normalized spacial score (nSPS) is 11.6. The van der Waals surface area contributed by atoms with Crippen molar-refractivity contribution < 1.29 is 9.52 Å². The molecule has 2 rings (SSSR count). The molecule has 0 saturated heterocycles. The summed E-state index contributed by atoms with van der Waals surface area (Å²) in [6.07, 6.45) is 0. The number of rotatable bonds is 5. The molecule has 21 heavy (non-hydrogen) atoms. The lowest BCUT2D eigenvalue weighted by Gasteiger charge is -2.19. The van der Waals surface area contributed by atoms with Gasteiger partial charge in [0, 0.05) is 12.1 Å². The van der Waals surface area contributed by atoms with Crippen molar-refractivity contribution in [2.24, 2.45) is 0 Å². The highest BCUT2D eigenvalue weighted by Crippen LogP contribution is 2.28. The summed E-state index contributed by atoms with van der Waals surface area (Å²) in [6.45, 7) is 7.78. The second-order valence-electron chi connectivity index (χ2n) is 5.87. The van der Waals surface area contributed by atoms with Crippen molar-refractivity contribution in [3.63, 3.8) is 0 Å². The lowest BCUT2D eigenvalue weighted by atomic mass is 9.95. The van der Waals surface area contributed by atoms with Crippen molar-refractivity contribution in [2.75, 3.05) is 7.05 Å². The van der Waals surface area contributed by atoms with E-state index in [9.17, 15) is 5.11 Å². The summed E-state index contributed by atoms with van der Waals surface area (Å²) >= 11 is 3.31. The molecule has 0 spiro atoms. The van der Waals surface area contributed by atoms with E-state index in [1.807, 2.05) is 32.2 Å². The van der Waals surface area contributed by atoms with E-state index >= 15 is 0 Å². The number of benzene rings is 1. The van der Waals surface area contributed by atoms with E-state index in [0.29, 0.717) is 24.8 Å². The Morgan fingerprint density at radius 3 is 2.52 bits per heavy atom. The first-order chi connectivity index (χ1) is 9.86. The molecular weight excluding hydrogens is 330 g/mol. The second-order valence-corrected chi connectivity index (χ2v) is 6.65. The molecule has 0 amide bonds. The number of halogens is 1. The Morgan fingerprint density at radius 2 is 1.95 bits per heavy atom. The summed E-state index contributed by atoms with van der Waals surface area (Å²) in [4.78, 5) is 2.12. The van der Waals surface area contributed by atoms with Crippen LogP contribution in [-0.2, 0) is 13.1 Å². The van der Waals surface area contributed by atoms with Gasteiger partial charge < -0.3 is 9.52 Å². The number of phenols is 1. The fourth-order valence-corrected chi connectivity index (χ4v) is 2.89. The van der Waals surface area contributed by atoms with Crippen molar-refractivity contribution in [2.45, 2.75) is 39.8 Å². The van der Waals surface area contributed by atoms with Crippen molar-refractivity contribution in [1.82, 2.24) is 4.90 Å². The lowest BCUT2D eigenvalue weighted by molar-refractivity contribution is 0.281. The van der Waals surface area contributed by atoms with Crippen LogP contribution in [0.1, 0.15) is 42.2 Å². The van der Waals surface area contributed by atoms with Gasteiger partial charge in [0.25, 0.3) is 0 Å². The minimum absolute atomic E-state index is 0.365.